The lowest BCUT2D eigenvalue weighted by molar-refractivity contribution is -0.128. The van der Waals surface area contributed by atoms with Gasteiger partial charge in [-0.2, -0.15) is 5.26 Å². The fourth-order valence-electron chi connectivity index (χ4n) is 3.16. The van der Waals surface area contributed by atoms with Gasteiger partial charge in [-0.05, 0) is 65.6 Å². The van der Waals surface area contributed by atoms with E-state index in [0.29, 0.717) is 11.3 Å². The Labute approximate surface area is 189 Å². The van der Waals surface area contributed by atoms with E-state index in [-0.39, 0.29) is 0 Å². The van der Waals surface area contributed by atoms with Gasteiger partial charge >= 0.3 is 5.97 Å². The number of benzene rings is 3. The van der Waals surface area contributed by atoms with Gasteiger partial charge in [-0.25, -0.2) is 4.79 Å². The summed E-state index contributed by atoms with van der Waals surface area (Å²) in [5.74, 6) is 0.875. The number of ether oxygens (including phenoxy) is 2. The van der Waals surface area contributed by atoms with Crippen LogP contribution in [0, 0.1) is 11.3 Å². The SMILES string of the molecule is CCCCCCOc1ccc(/C=C/C(=O)Oc2ccc(-c3ccc(C#N)cc3)cc2)cc1. The Hall–Kier alpha value is -3.84. The second-order valence-electron chi connectivity index (χ2n) is 7.45. The third-order valence-electron chi connectivity index (χ3n) is 4.98. The van der Waals surface area contributed by atoms with Crippen LogP contribution < -0.4 is 9.47 Å². The molecule has 4 heteroatoms. The molecule has 3 rings (SSSR count). The zero-order valence-electron chi connectivity index (χ0n) is 18.3. The van der Waals surface area contributed by atoms with Crippen LogP contribution in [0.25, 0.3) is 17.2 Å². The minimum atomic E-state index is -0.438. The summed E-state index contributed by atoms with van der Waals surface area (Å²) < 4.78 is 11.1. The minimum Gasteiger partial charge on any atom is -0.494 e. The van der Waals surface area contributed by atoms with Crippen molar-refractivity contribution in [1.29, 1.82) is 5.26 Å². The largest absolute Gasteiger partial charge is 0.494 e. The van der Waals surface area contributed by atoms with Crippen molar-refractivity contribution in [2.24, 2.45) is 0 Å². The fraction of sp³-hybridized carbons (Fsp3) is 0.214. The van der Waals surface area contributed by atoms with Gasteiger partial charge in [0.15, 0.2) is 0 Å². The summed E-state index contributed by atoms with van der Waals surface area (Å²) in [5, 5.41) is 8.89. The summed E-state index contributed by atoms with van der Waals surface area (Å²) in [7, 11) is 0. The molecule has 3 aromatic carbocycles. The van der Waals surface area contributed by atoms with E-state index in [1.165, 1.54) is 25.3 Å². The molecule has 0 aliphatic heterocycles. The molecule has 0 unspecified atom stereocenters. The van der Waals surface area contributed by atoms with Crippen molar-refractivity contribution in [1.82, 2.24) is 0 Å². The van der Waals surface area contributed by atoms with Crippen molar-refractivity contribution in [3.8, 4) is 28.7 Å². The van der Waals surface area contributed by atoms with Crippen LogP contribution in [0.1, 0.15) is 43.7 Å². The number of rotatable bonds is 10. The summed E-state index contributed by atoms with van der Waals surface area (Å²) >= 11 is 0. The zero-order chi connectivity index (χ0) is 22.6. The third kappa shape index (κ3) is 7.14. The number of unbranched alkanes of at least 4 members (excludes halogenated alkanes) is 3. The highest BCUT2D eigenvalue weighted by molar-refractivity contribution is 5.88. The Morgan fingerprint density at radius 3 is 2.09 bits per heavy atom. The smallest absolute Gasteiger partial charge is 0.336 e. The van der Waals surface area contributed by atoms with Crippen LogP contribution in [-0.4, -0.2) is 12.6 Å². The molecule has 3 aromatic rings. The molecule has 32 heavy (non-hydrogen) atoms. The number of carbonyl (C=O) groups is 1. The van der Waals surface area contributed by atoms with E-state index in [9.17, 15) is 4.79 Å². The molecule has 0 aromatic heterocycles. The number of nitriles is 1. The molecule has 0 atom stereocenters. The van der Waals surface area contributed by atoms with E-state index < -0.39 is 5.97 Å². The van der Waals surface area contributed by atoms with Crippen molar-refractivity contribution >= 4 is 12.0 Å². The lowest BCUT2D eigenvalue weighted by Gasteiger charge is -2.06. The normalized spacial score (nSPS) is 10.6. The second kappa shape index (κ2) is 12.1. The van der Waals surface area contributed by atoms with Crippen LogP contribution in [0.4, 0.5) is 0 Å². The van der Waals surface area contributed by atoms with Crippen molar-refractivity contribution in [2.75, 3.05) is 6.61 Å². The molecule has 162 valence electrons. The van der Waals surface area contributed by atoms with E-state index in [1.54, 1.807) is 30.3 Å². The highest BCUT2D eigenvalue weighted by Gasteiger charge is 2.03. The van der Waals surface area contributed by atoms with Gasteiger partial charge in [0.05, 0.1) is 18.2 Å². The number of carbonyl (C=O) groups excluding carboxylic acids is 1. The molecule has 0 fully saturated rings. The fourth-order valence-corrected chi connectivity index (χ4v) is 3.16. The van der Waals surface area contributed by atoms with Crippen molar-refractivity contribution < 1.29 is 14.3 Å². The molecule has 0 saturated heterocycles. The van der Waals surface area contributed by atoms with Crippen molar-refractivity contribution in [3.63, 3.8) is 0 Å². The van der Waals surface area contributed by atoms with E-state index >= 15 is 0 Å². The van der Waals surface area contributed by atoms with Gasteiger partial charge in [0.1, 0.15) is 11.5 Å². The minimum absolute atomic E-state index is 0.438. The van der Waals surface area contributed by atoms with Crippen molar-refractivity contribution in [2.45, 2.75) is 32.6 Å². The molecule has 0 aliphatic carbocycles. The molecule has 4 nitrogen and oxygen atoms in total. The van der Waals surface area contributed by atoms with E-state index in [0.717, 1.165) is 35.5 Å². The molecule has 0 N–H and O–H groups in total. The number of nitrogens with zero attached hydrogens (tertiary/aromatic N) is 1. The average Bonchev–Trinajstić information content (AvgIpc) is 2.84. The standard InChI is InChI=1S/C28H27NO3/c1-2-3-4-5-20-31-26-15-8-22(9-16-26)10-19-28(30)32-27-17-13-25(14-18-27)24-11-6-23(21-29)7-12-24/h6-19H,2-5,20H2,1H3/b19-10+. The maximum atomic E-state index is 12.1. The lowest BCUT2D eigenvalue weighted by atomic mass is 10.0. The van der Waals surface area contributed by atoms with Gasteiger partial charge in [0.2, 0.25) is 0 Å². The summed E-state index contributed by atoms with van der Waals surface area (Å²) in [5.41, 5.74) is 3.50. The maximum Gasteiger partial charge on any atom is 0.336 e. The Balaban J connectivity index is 1.49. The van der Waals surface area contributed by atoms with Gasteiger partial charge in [0, 0.05) is 6.08 Å². The zero-order valence-corrected chi connectivity index (χ0v) is 18.3. The Morgan fingerprint density at radius 2 is 1.47 bits per heavy atom. The highest BCUT2D eigenvalue weighted by atomic mass is 16.5. The third-order valence-corrected chi connectivity index (χ3v) is 4.98. The number of esters is 1. The summed E-state index contributed by atoms with van der Waals surface area (Å²) in [4.78, 5) is 12.1. The first kappa shape index (κ1) is 22.8. The molecule has 0 bridgehead atoms. The van der Waals surface area contributed by atoms with Gasteiger partial charge in [-0.3, -0.25) is 0 Å². The van der Waals surface area contributed by atoms with Gasteiger partial charge in [-0.15, -0.1) is 0 Å². The number of hydrogen-bond donors (Lipinski definition) is 0. The average molecular weight is 426 g/mol. The van der Waals surface area contributed by atoms with Gasteiger partial charge < -0.3 is 9.47 Å². The number of hydrogen-bond acceptors (Lipinski definition) is 4. The summed E-state index contributed by atoms with van der Waals surface area (Å²) in [6.07, 6.45) is 7.85. The topological polar surface area (TPSA) is 59.3 Å². The molecular weight excluding hydrogens is 398 g/mol. The van der Waals surface area contributed by atoms with Crippen LogP contribution in [0.3, 0.4) is 0 Å². The first-order valence-electron chi connectivity index (χ1n) is 10.9. The monoisotopic (exact) mass is 425 g/mol. The van der Waals surface area contributed by atoms with Crippen LogP contribution in [0.15, 0.2) is 78.9 Å². The molecule has 0 spiro atoms. The molecule has 0 heterocycles. The van der Waals surface area contributed by atoms with Crippen LogP contribution in [0.5, 0.6) is 11.5 Å². The molecule has 0 saturated carbocycles. The van der Waals surface area contributed by atoms with E-state index in [1.807, 2.05) is 48.5 Å². The van der Waals surface area contributed by atoms with E-state index in [2.05, 4.69) is 13.0 Å². The van der Waals surface area contributed by atoms with Crippen LogP contribution in [-0.2, 0) is 4.79 Å². The maximum absolute atomic E-state index is 12.1. The van der Waals surface area contributed by atoms with Gasteiger partial charge in [-0.1, -0.05) is 62.6 Å². The van der Waals surface area contributed by atoms with Crippen LogP contribution >= 0.6 is 0 Å². The predicted molar refractivity (Wildman–Crippen MR) is 127 cm³/mol. The first-order chi connectivity index (χ1) is 15.7. The first-order valence-corrected chi connectivity index (χ1v) is 10.9. The molecule has 0 aliphatic rings. The summed E-state index contributed by atoms with van der Waals surface area (Å²) in [6, 6.07) is 24.4. The quantitative estimate of drug-likeness (QED) is 0.155. The van der Waals surface area contributed by atoms with E-state index in [4.69, 9.17) is 14.7 Å². The summed E-state index contributed by atoms with van der Waals surface area (Å²) in [6.45, 7) is 2.92. The Morgan fingerprint density at radius 1 is 0.844 bits per heavy atom. The molecular formula is C28H27NO3. The predicted octanol–water partition coefficient (Wildman–Crippen LogP) is 6.80. The van der Waals surface area contributed by atoms with Crippen molar-refractivity contribution in [3.05, 3.63) is 90.0 Å². The highest BCUT2D eigenvalue weighted by Crippen LogP contribution is 2.23. The Kier molecular flexibility index (Phi) is 8.65. The molecule has 0 amide bonds. The second-order valence-corrected chi connectivity index (χ2v) is 7.45. The molecule has 0 radical (unpaired) electrons. The Bertz CT molecular complexity index is 1060. The van der Waals surface area contributed by atoms with Gasteiger partial charge in [0.25, 0.3) is 0 Å². The van der Waals surface area contributed by atoms with Crippen LogP contribution in [0.2, 0.25) is 0 Å². The lowest BCUT2D eigenvalue weighted by Crippen LogP contribution is -2.03.